The molecule has 4 nitrogen and oxygen atoms in total. The maximum Gasteiger partial charge on any atom is 0.120 e. The Balaban J connectivity index is 2.27. The van der Waals surface area contributed by atoms with Crippen molar-refractivity contribution in [2.75, 3.05) is 32.2 Å². The Hall–Kier alpha value is -1.81. The van der Waals surface area contributed by atoms with Crippen molar-refractivity contribution >= 4 is 16.6 Å². The zero-order chi connectivity index (χ0) is 14.4. The number of benzene rings is 1. The summed E-state index contributed by atoms with van der Waals surface area (Å²) in [6, 6.07) is 8.09. The van der Waals surface area contributed by atoms with Gasteiger partial charge in [0.05, 0.1) is 12.1 Å². The third-order valence-corrected chi connectivity index (χ3v) is 3.06. The van der Waals surface area contributed by atoms with Gasteiger partial charge in [-0.1, -0.05) is 0 Å². The van der Waals surface area contributed by atoms with Crippen molar-refractivity contribution in [3.63, 3.8) is 0 Å². The second-order valence-electron chi connectivity index (χ2n) is 4.70. The first-order chi connectivity index (χ1) is 9.74. The van der Waals surface area contributed by atoms with Crippen LogP contribution in [0.5, 0.6) is 5.75 Å². The molecule has 2 aromatic rings. The number of methoxy groups -OCH3 is 1. The van der Waals surface area contributed by atoms with Gasteiger partial charge < -0.3 is 14.8 Å². The lowest BCUT2D eigenvalue weighted by atomic mass is 10.1. The molecular weight excluding hydrogens is 252 g/mol. The summed E-state index contributed by atoms with van der Waals surface area (Å²) in [5.74, 6) is 0.880. The van der Waals surface area contributed by atoms with Crippen molar-refractivity contribution in [2.24, 2.45) is 0 Å². The molecule has 0 spiro atoms. The van der Waals surface area contributed by atoms with Crippen LogP contribution in [-0.4, -0.2) is 31.9 Å². The molecule has 0 radical (unpaired) electrons. The average Bonchev–Trinajstić information content (AvgIpc) is 2.44. The Morgan fingerprint density at radius 3 is 2.85 bits per heavy atom. The van der Waals surface area contributed by atoms with Gasteiger partial charge in [0.1, 0.15) is 5.75 Å². The summed E-state index contributed by atoms with van der Waals surface area (Å²) in [7, 11) is 1.72. The topological polar surface area (TPSA) is 43.4 Å². The predicted octanol–water partition coefficient (Wildman–Crippen LogP) is 3.39. The van der Waals surface area contributed by atoms with E-state index in [0.29, 0.717) is 6.61 Å². The molecule has 4 heteroatoms. The van der Waals surface area contributed by atoms with Crippen LogP contribution < -0.4 is 10.1 Å². The highest BCUT2D eigenvalue weighted by atomic mass is 16.5. The third-order valence-electron chi connectivity index (χ3n) is 3.06. The number of anilines is 1. The van der Waals surface area contributed by atoms with Gasteiger partial charge in [-0.3, -0.25) is 4.98 Å². The van der Waals surface area contributed by atoms with Crippen molar-refractivity contribution in [3.05, 3.63) is 30.0 Å². The standard InChI is InChI=1S/C16H22N2O2/c1-4-20-13-6-7-15-14(11-13)16(10-12(2)18-15)17-8-5-9-19-3/h6-7,10-11H,4-5,8-9H2,1-3H3,(H,17,18). The highest BCUT2D eigenvalue weighted by Crippen LogP contribution is 2.27. The number of nitrogens with zero attached hydrogens (tertiary/aromatic N) is 1. The van der Waals surface area contributed by atoms with E-state index in [2.05, 4.69) is 16.4 Å². The Bertz CT molecular complexity index is 570. The number of nitrogens with one attached hydrogen (secondary N) is 1. The van der Waals surface area contributed by atoms with Crippen molar-refractivity contribution in [1.82, 2.24) is 4.98 Å². The number of aryl methyl sites for hydroxylation is 1. The van der Waals surface area contributed by atoms with Gasteiger partial charge in [-0.2, -0.15) is 0 Å². The van der Waals surface area contributed by atoms with Gasteiger partial charge in [0.15, 0.2) is 0 Å². The second kappa shape index (κ2) is 7.10. The van der Waals surface area contributed by atoms with Crippen LogP contribution in [0.3, 0.4) is 0 Å². The summed E-state index contributed by atoms with van der Waals surface area (Å²) in [6.45, 7) is 6.31. The van der Waals surface area contributed by atoms with Crippen LogP contribution in [-0.2, 0) is 4.74 Å². The summed E-state index contributed by atoms with van der Waals surface area (Å²) in [5.41, 5.74) is 3.10. The number of ether oxygens (including phenoxy) is 2. The molecule has 1 N–H and O–H groups in total. The summed E-state index contributed by atoms with van der Waals surface area (Å²) in [5, 5.41) is 4.55. The van der Waals surface area contributed by atoms with Gasteiger partial charge in [-0.05, 0) is 44.5 Å². The van der Waals surface area contributed by atoms with Gasteiger partial charge in [0, 0.05) is 37.0 Å². The second-order valence-corrected chi connectivity index (χ2v) is 4.70. The molecule has 0 saturated heterocycles. The summed E-state index contributed by atoms with van der Waals surface area (Å²) in [6.07, 6.45) is 0.977. The Labute approximate surface area is 120 Å². The van der Waals surface area contributed by atoms with E-state index in [0.717, 1.165) is 47.6 Å². The number of rotatable bonds is 7. The number of hydrogen-bond donors (Lipinski definition) is 1. The molecule has 2 rings (SSSR count). The smallest absolute Gasteiger partial charge is 0.120 e. The van der Waals surface area contributed by atoms with Gasteiger partial charge in [-0.25, -0.2) is 0 Å². The first-order valence-electron chi connectivity index (χ1n) is 7.01. The Kier molecular flexibility index (Phi) is 5.18. The number of hydrogen-bond acceptors (Lipinski definition) is 4. The average molecular weight is 274 g/mol. The molecule has 0 atom stereocenters. The summed E-state index contributed by atoms with van der Waals surface area (Å²) < 4.78 is 10.6. The van der Waals surface area contributed by atoms with Crippen LogP contribution in [0.1, 0.15) is 19.0 Å². The molecule has 0 aliphatic carbocycles. The first kappa shape index (κ1) is 14.6. The summed E-state index contributed by atoms with van der Waals surface area (Å²) >= 11 is 0. The molecule has 0 saturated carbocycles. The van der Waals surface area contributed by atoms with Crippen molar-refractivity contribution in [1.29, 1.82) is 0 Å². The number of pyridine rings is 1. The fourth-order valence-corrected chi connectivity index (χ4v) is 2.18. The van der Waals surface area contributed by atoms with Crippen LogP contribution in [0.4, 0.5) is 5.69 Å². The molecule has 0 aliphatic rings. The van der Waals surface area contributed by atoms with Gasteiger partial charge in [-0.15, -0.1) is 0 Å². The maximum absolute atomic E-state index is 5.57. The molecule has 0 unspecified atom stereocenters. The van der Waals surface area contributed by atoms with E-state index in [-0.39, 0.29) is 0 Å². The highest BCUT2D eigenvalue weighted by Gasteiger charge is 2.05. The van der Waals surface area contributed by atoms with E-state index in [4.69, 9.17) is 9.47 Å². The molecule has 0 fully saturated rings. The van der Waals surface area contributed by atoms with E-state index in [1.165, 1.54) is 0 Å². The Morgan fingerprint density at radius 1 is 1.25 bits per heavy atom. The number of aromatic nitrogens is 1. The number of fused-ring (bicyclic) bond motifs is 1. The van der Waals surface area contributed by atoms with Crippen molar-refractivity contribution < 1.29 is 9.47 Å². The molecule has 0 aliphatic heterocycles. The minimum Gasteiger partial charge on any atom is -0.494 e. The van der Waals surface area contributed by atoms with Crippen molar-refractivity contribution in [2.45, 2.75) is 20.3 Å². The van der Waals surface area contributed by atoms with E-state index < -0.39 is 0 Å². The minimum absolute atomic E-state index is 0.668. The third kappa shape index (κ3) is 3.61. The van der Waals surface area contributed by atoms with Gasteiger partial charge in [0.2, 0.25) is 0 Å². The quantitative estimate of drug-likeness (QED) is 0.786. The molecule has 108 valence electrons. The van der Waals surface area contributed by atoms with Gasteiger partial charge >= 0.3 is 0 Å². The maximum atomic E-state index is 5.57. The molecule has 0 bridgehead atoms. The lowest BCUT2D eigenvalue weighted by Crippen LogP contribution is -2.06. The van der Waals surface area contributed by atoms with E-state index in [9.17, 15) is 0 Å². The van der Waals surface area contributed by atoms with E-state index >= 15 is 0 Å². The molecular formula is C16H22N2O2. The monoisotopic (exact) mass is 274 g/mol. The molecule has 20 heavy (non-hydrogen) atoms. The molecule has 1 aromatic heterocycles. The lowest BCUT2D eigenvalue weighted by Gasteiger charge is -2.12. The van der Waals surface area contributed by atoms with Crippen LogP contribution in [0.25, 0.3) is 10.9 Å². The normalized spacial score (nSPS) is 10.8. The van der Waals surface area contributed by atoms with Crippen LogP contribution in [0.15, 0.2) is 24.3 Å². The first-order valence-corrected chi connectivity index (χ1v) is 7.01. The SMILES string of the molecule is CCOc1ccc2nc(C)cc(NCCCOC)c2c1. The molecule has 0 amide bonds. The molecule has 1 heterocycles. The van der Waals surface area contributed by atoms with Gasteiger partial charge in [0.25, 0.3) is 0 Å². The van der Waals surface area contributed by atoms with E-state index in [1.807, 2.05) is 32.0 Å². The fraction of sp³-hybridized carbons (Fsp3) is 0.438. The molecule has 1 aromatic carbocycles. The lowest BCUT2D eigenvalue weighted by molar-refractivity contribution is 0.198. The van der Waals surface area contributed by atoms with Crippen LogP contribution in [0, 0.1) is 6.92 Å². The Morgan fingerprint density at radius 2 is 2.10 bits per heavy atom. The minimum atomic E-state index is 0.668. The zero-order valence-corrected chi connectivity index (χ0v) is 12.4. The predicted molar refractivity (Wildman–Crippen MR) is 82.6 cm³/mol. The summed E-state index contributed by atoms with van der Waals surface area (Å²) in [4.78, 5) is 4.56. The van der Waals surface area contributed by atoms with E-state index in [1.54, 1.807) is 7.11 Å². The largest absolute Gasteiger partial charge is 0.494 e. The highest BCUT2D eigenvalue weighted by molar-refractivity contribution is 5.92. The van der Waals surface area contributed by atoms with Crippen molar-refractivity contribution in [3.8, 4) is 5.75 Å². The fourth-order valence-electron chi connectivity index (χ4n) is 2.18. The van der Waals surface area contributed by atoms with Crippen LogP contribution >= 0.6 is 0 Å². The zero-order valence-electron chi connectivity index (χ0n) is 12.4. The van der Waals surface area contributed by atoms with Crippen LogP contribution in [0.2, 0.25) is 0 Å².